The monoisotopic (exact) mass is 205 g/mol. The molecule has 13 heavy (non-hydrogen) atoms. The van der Waals surface area contributed by atoms with Crippen LogP contribution in [0.5, 0.6) is 0 Å². The van der Waals surface area contributed by atoms with Gasteiger partial charge in [-0.15, -0.1) is 0 Å². The number of ether oxygens (including phenoxy) is 1. The number of thioether (sulfide) groups is 1. The summed E-state index contributed by atoms with van der Waals surface area (Å²) in [5.74, 6) is 0.173. The fourth-order valence-electron chi connectivity index (χ4n) is 0.600. The number of hydrogen-bond donors (Lipinski definition) is 1. The summed E-state index contributed by atoms with van der Waals surface area (Å²) in [5, 5.41) is -0.0932. The van der Waals surface area contributed by atoms with E-state index in [-0.39, 0.29) is 17.5 Å². The Morgan fingerprint density at radius 2 is 2.15 bits per heavy atom. The van der Waals surface area contributed by atoms with E-state index in [1.165, 1.54) is 0 Å². The number of carbonyl (C=O) groups excluding carboxylic acids is 2. The molecule has 76 valence electrons. The lowest BCUT2D eigenvalue weighted by atomic mass is 10.4. The summed E-state index contributed by atoms with van der Waals surface area (Å²) in [6.07, 6.45) is 0.261. The molecule has 0 saturated heterocycles. The highest BCUT2D eigenvalue weighted by Crippen LogP contribution is 2.06. The maximum Gasteiger partial charge on any atom is 0.306 e. The topological polar surface area (TPSA) is 69.4 Å². The van der Waals surface area contributed by atoms with Crippen LogP contribution in [0.15, 0.2) is 0 Å². The Kier molecular flexibility index (Phi) is 6.62. The molecule has 0 amide bonds. The van der Waals surface area contributed by atoms with E-state index >= 15 is 0 Å². The molecule has 0 heterocycles. The van der Waals surface area contributed by atoms with Crippen molar-refractivity contribution < 1.29 is 14.3 Å². The molecule has 0 aromatic carbocycles. The Morgan fingerprint density at radius 1 is 1.54 bits per heavy atom. The van der Waals surface area contributed by atoms with Crippen LogP contribution in [0, 0.1) is 0 Å². The summed E-state index contributed by atoms with van der Waals surface area (Å²) in [6.45, 7) is 3.75. The molecule has 1 atom stereocenters. The van der Waals surface area contributed by atoms with E-state index in [1.807, 2.05) is 0 Å². The Morgan fingerprint density at radius 3 is 2.62 bits per heavy atom. The van der Waals surface area contributed by atoms with Crippen LogP contribution in [0.1, 0.15) is 20.3 Å². The zero-order chi connectivity index (χ0) is 10.3. The van der Waals surface area contributed by atoms with Crippen molar-refractivity contribution in [3.8, 4) is 0 Å². The van der Waals surface area contributed by atoms with Crippen LogP contribution >= 0.6 is 11.8 Å². The van der Waals surface area contributed by atoms with Gasteiger partial charge in [0.2, 0.25) is 5.12 Å². The third kappa shape index (κ3) is 6.60. The van der Waals surface area contributed by atoms with Gasteiger partial charge < -0.3 is 10.5 Å². The van der Waals surface area contributed by atoms with Gasteiger partial charge in [0.25, 0.3) is 0 Å². The highest BCUT2D eigenvalue weighted by Gasteiger charge is 2.09. The Hall–Kier alpha value is -0.550. The first-order valence-corrected chi connectivity index (χ1v) is 5.14. The summed E-state index contributed by atoms with van der Waals surface area (Å²) in [5.41, 5.74) is 5.32. The zero-order valence-electron chi connectivity index (χ0n) is 7.91. The molecule has 0 bridgehead atoms. The Labute approximate surface area is 82.2 Å². The van der Waals surface area contributed by atoms with Gasteiger partial charge in [-0.05, 0) is 13.8 Å². The first-order chi connectivity index (χ1) is 6.07. The molecular weight excluding hydrogens is 190 g/mol. The van der Waals surface area contributed by atoms with E-state index in [0.29, 0.717) is 12.4 Å². The molecule has 0 aliphatic rings. The molecule has 0 saturated carbocycles. The van der Waals surface area contributed by atoms with Gasteiger partial charge in [0.15, 0.2) is 0 Å². The predicted molar refractivity (Wildman–Crippen MR) is 52.4 cm³/mol. The van der Waals surface area contributed by atoms with Crippen LogP contribution in [-0.2, 0) is 14.3 Å². The smallest absolute Gasteiger partial charge is 0.306 e. The van der Waals surface area contributed by atoms with Crippen molar-refractivity contribution >= 4 is 22.8 Å². The fourth-order valence-corrected chi connectivity index (χ4v) is 1.33. The van der Waals surface area contributed by atoms with E-state index in [0.717, 1.165) is 11.8 Å². The summed E-state index contributed by atoms with van der Waals surface area (Å²) in [4.78, 5) is 21.8. The van der Waals surface area contributed by atoms with Gasteiger partial charge >= 0.3 is 5.97 Å². The first-order valence-electron chi connectivity index (χ1n) is 4.15. The quantitative estimate of drug-likeness (QED) is 0.664. The van der Waals surface area contributed by atoms with Crippen molar-refractivity contribution in [3.63, 3.8) is 0 Å². The van der Waals surface area contributed by atoms with E-state index in [1.54, 1.807) is 13.8 Å². The molecular formula is C8H15NO3S. The number of esters is 1. The predicted octanol–water partition coefficient (Wildman–Crippen LogP) is 0.547. The second-order valence-electron chi connectivity index (χ2n) is 2.51. The van der Waals surface area contributed by atoms with E-state index in [9.17, 15) is 9.59 Å². The zero-order valence-corrected chi connectivity index (χ0v) is 8.73. The van der Waals surface area contributed by atoms with E-state index in [4.69, 9.17) is 5.73 Å². The average molecular weight is 205 g/mol. The normalized spacial score (nSPS) is 12.2. The molecule has 2 N–H and O–H groups in total. The van der Waals surface area contributed by atoms with Gasteiger partial charge in [0, 0.05) is 5.75 Å². The molecule has 0 aromatic heterocycles. The summed E-state index contributed by atoms with van der Waals surface area (Å²) in [6, 6.07) is -0.466. The van der Waals surface area contributed by atoms with Gasteiger partial charge in [-0.2, -0.15) is 0 Å². The molecule has 0 aliphatic heterocycles. The molecule has 0 unspecified atom stereocenters. The molecule has 4 nitrogen and oxygen atoms in total. The molecule has 0 aromatic rings. The van der Waals surface area contributed by atoms with Crippen molar-refractivity contribution in [2.75, 3.05) is 12.4 Å². The number of hydrogen-bond acceptors (Lipinski definition) is 5. The van der Waals surface area contributed by atoms with Crippen LogP contribution in [-0.4, -0.2) is 29.5 Å². The van der Waals surface area contributed by atoms with Crippen LogP contribution in [0.4, 0.5) is 0 Å². The molecule has 0 radical (unpaired) electrons. The fraction of sp³-hybridized carbons (Fsp3) is 0.750. The Bertz CT molecular complexity index is 182. The maximum absolute atomic E-state index is 11.0. The minimum Gasteiger partial charge on any atom is -0.466 e. The van der Waals surface area contributed by atoms with E-state index < -0.39 is 6.04 Å². The van der Waals surface area contributed by atoms with Gasteiger partial charge in [-0.1, -0.05) is 11.8 Å². The van der Waals surface area contributed by atoms with Gasteiger partial charge in [0.1, 0.15) is 0 Å². The SMILES string of the molecule is CCOC(=O)CCSC(=O)[C@H](C)N. The van der Waals surface area contributed by atoms with Gasteiger partial charge in [0.05, 0.1) is 19.1 Å². The van der Waals surface area contributed by atoms with Crippen LogP contribution in [0.3, 0.4) is 0 Å². The minimum absolute atomic E-state index is 0.0932. The highest BCUT2D eigenvalue weighted by molar-refractivity contribution is 8.13. The second-order valence-corrected chi connectivity index (χ2v) is 3.61. The van der Waals surface area contributed by atoms with Crippen molar-refractivity contribution in [2.24, 2.45) is 5.73 Å². The first kappa shape index (κ1) is 12.4. The molecule has 5 heteroatoms. The lowest BCUT2D eigenvalue weighted by molar-refractivity contribution is -0.142. The second kappa shape index (κ2) is 6.91. The third-order valence-corrected chi connectivity index (χ3v) is 2.29. The highest BCUT2D eigenvalue weighted by atomic mass is 32.2. The summed E-state index contributed by atoms with van der Waals surface area (Å²) >= 11 is 1.07. The van der Waals surface area contributed by atoms with Crippen molar-refractivity contribution in [3.05, 3.63) is 0 Å². The van der Waals surface area contributed by atoms with Crippen molar-refractivity contribution in [1.82, 2.24) is 0 Å². The standard InChI is InChI=1S/C8H15NO3S/c1-3-12-7(10)4-5-13-8(11)6(2)9/h6H,3-5,9H2,1-2H3/t6-/m0/s1. The lowest BCUT2D eigenvalue weighted by Gasteiger charge is -2.03. The Balaban J connectivity index is 3.45. The molecule has 0 aliphatic carbocycles. The van der Waals surface area contributed by atoms with Gasteiger partial charge in [-0.3, -0.25) is 9.59 Å². The molecule has 0 rings (SSSR count). The third-order valence-electron chi connectivity index (χ3n) is 1.23. The minimum atomic E-state index is -0.466. The van der Waals surface area contributed by atoms with Crippen LogP contribution in [0.25, 0.3) is 0 Å². The number of rotatable bonds is 5. The summed E-state index contributed by atoms with van der Waals surface area (Å²) in [7, 11) is 0. The van der Waals surface area contributed by atoms with Crippen LogP contribution in [0.2, 0.25) is 0 Å². The van der Waals surface area contributed by atoms with E-state index in [2.05, 4.69) is 4.74 Å². The molecule has 0 fully saturated rings. The lowest BCUT2D eigenvalue weighted by Crippen LogP contribution is -2.24. The number of carbonyl (C=O) groups is 2. The summed E-state index contributed by atoms with van der Waals surface area (Å²) < 4.78 is 4.69. The van der Waals surface area contributed by atoms with Crippen molar-refractivity contribution in [1.29, 1.82) is 0 Å². The van der Waals surface area contributed by atoms with Gasteiger partial charge in [-0.25, -0.2) is 0 Å². The largest absolute Gasteiger partial charge is 0.466 e. The van der Waals surface area contributed by atoms with Crippen molar-refractivity contribution in [2.45, 2.75) is 26.3 Å². The average Bonchev–Trinajstić information content (AvgIpc) is 2.04. The molecule has 0 spiro atoms. The number of nitrogens with two attached hydrogens (primary N) is 1. The van der Waals surface area contributed by atoms with Crippen LogP contribution < -0.4 is 5.73 Å². The maximum atomic E-state index is 11.0.